The van der Waals surface area contributed by atoms with Crippen molar-refractivity contribution in [2.45, 2.75) is 13.2 Å². The van der Waals surface area contributed by atoms with Crippen LogP contribution in [-0.4, -0.2) is 11.0 Å². The van der Waals surface area contributed by atoms with Gasteiger partial charge in [0.25, 0.3) is 0 Å². The van der Waals surface area contributed by atoms with E-state index >= 15 is 0 Å². The van der Waals surface area contributed by atoms with Gasteiger partial charge < -0.3 is 15.7 Å². The second kappa shape index (κ2) is 7.07. The molecule has 0 aliphatic heterocycles. The molecule has 0 atom stereocenters. The van der Waals surface area contributed by atoms with E-state index in [-0.39, 0.29) is 5.84 Å². The molecule has 0 spiro atoms. The third kappa shape index (κ3) is 4.08. The van der Waals surface area contributed by atoms with Crippen molar-refractivity contribution in [3.05, 3.63) is 69.7 Å². The maximum absolute atomic E-state index is 8.58. The number of hydrogen-bond donors (Lipinski definition) is 2. The molecule has 0 bridgehead atoms. The lowest BCUT2D eigenvalue weighted by atomic mass is 10.1. The molecule has 0 aliphatic rings. The Labute approximate surface area is 126 Å². The van der Waals surface area contributed by atoms with Gasteiger partial charge in [-0.2, -0.15) is 0 Å². The van der Waals surface area contributed by atoms with Crippen LogP contribution in [0, 0.1) is 0 Å². The van der Waals surface area contributed by atoms with Crippen molar-refractivity contribution in [1.82, 2.24) is 0 Å². The van der Waals surface area contributed by atoms with Crippen molar-refractivity contribution in [3.8, 4) is 0 Å². The van der Waals surface area contributed by atoms with Crippen LogP contribution in [0.25, 0.3) is 0 Å². The number of rotatable bonds is 5. The monoisotopic (exact) mass is 334 g/mol. The Bertz CT molecular complexity index is 580. The van der Waals surface area contributed by atoms with Gasteiger partial charge in [-0.15, -0.1) is 0 Å². The van der Waals surface area contributed by atoms with Crippen LogP contribution in [0.4, 0.5) is 0 Å². The second-order valence-corrected chi connectivity index (χ2v) is 5.22. The first-order valence-electron chi connectivity index (χ1n) is 6.08. The molecule has 20 heavy (non-hydrogen) atoms. The van der Waals surface area contributed by atoms with Gasteiger partial charge >= 0.3 is 0 Å². The Morgan fingerprint density at radius 3 is 2.00 bits per heavy atom. The van der Waals surface area contributed by atoms with Crippen molar-refractivity contribution < 1.29 is 9.94 Å². The Morgan fingerprint density at radius 1 is 1.00 bits per heavy atom. The van der Waals surface area contributed by atoms with E-state index in [9.17, 15) is 0 Å². The first kappa shape index (κ1) is 14.6. The van der Waals surface area contributed by atoms with E-state index in [0.29, 0.717) is 18.8 Å². The SMILES string of the molecule is N/C(=N/O)c1ccc(COCc2ccc(Br)cc2)cc1. The number of ether oxygens (including phenoxy) is 1. The van der Waals surface area contributed by atoms with Crippen LogP contribution in [0.3, 0.4) is 0 Å². The number of nitrogens with two attached hydrogens (primary N) is 1. The van der Waals surface area contributed by atoms with Crippen molar-refractivity contribution in [3.63, 3.8) is 0 Å². The van der Waals surface area contributed by atoms with Crippen molar-refractivity contribution in [1.29, 1.82) is 0 Å². The van der Waals surface area contributed by atoms with Gasteiger partial charge in [-0.25, -0.2) is 0 Å². The molecular formula is C15H15BrN2O2. The van der Waals surface area contributed by atoms with E-state index in [0.717, 1.165) is 15.6 Å². The van der Waals surface area contributed by atoms with E-state index in [1.165, 1.54) is 0 Å². The molecule has 0 aliphatic carbocycles. The zero-order valence-electron chi connectivity index (χ0n) is 10.8. The molecule has 4 nitrogen and oxygen atoms in total. The maximum atomic E-state index is 8.58. The predicted octanol–water partition coefficient (Wildman–Crippen LogP) is 3.26. The summed E-state index contributed by atoms with van der Waals surface area (Å²) in [4.78, 5) is 0. The molecule has 0 saturated carbocycles. The summed E-state index contributed by atoms with van der Waals surface area (Å²) in [6.45, 7) is 1.09. The molecule has 0 unspecified atom stereocenters. The molecule has 2 aromatic rings. The summed E-state index contributed by atoms with van der Waals surface area (Å²) in [6.07, 6.45) is 0. The summed E-state index contributed by atoms with van der Waals surface area (Å²) in [5.74, 6) is 0.104. The van der Waals surface area contributed by atoms with E-state index < -0.39 is 0 Å². The molecule has 2 aromatic carbocycles. The van der Waals surface area contributed by atoms with Crippen molar-refractivity contribution >= 4 is 21.8 Å². The Balaban J connectivity index is 1.86. The Hall–Kier alpha value is -1.85. The highest BCUT2D eigenvalue weighted by Crippen LogP contribution is 2.12. The first-order chi connectivity index (χ1) is 9.69. The normalized spacial score (nSPS) is 11.6. The van der Waals surface area contributed by atoms with Gasteiger partial charge in [-0.1, -0.05) is 57.5 Å². The smallest absolute Gasteiger partial charge is 0.170 e. The zero-order valence-corrected chi connectivity index (χ0v) is 12.4. The average molecular weight is 335 g/mol. The molecule has 2 rings (SSSR count). The minimum Gasteiger partial charge on any atom is -0.409 e. The fraction of sp³-hybridized carbons (Fsp3) is 0.133. The van der Waals surface area contributed by atoms with Gasteiger partial charge in [0.1, 0.15) is 0 Å². The molecule has 0 heterocycles. The van der Waals surface area contributed by atoms with Crippen molar-refractivity contribution in [2.75, 3.05) is 0 Å². The van der Waals surface area contributed by atoms with Crippen LogP contribution < -0.4 is 5.73 Å². The Kier molecular flexibility index (Phi) is 5.15. The number of benzene rings is 2. The highest BCUT2D eigenvalue weighted by Gasteiger charge is 2.00. The van der Waals surface area contributed by atoms with Crippen LogP contribution >= 0.6 is 15.9 Å². The maximum Gasteiger partial charge on any atom is 0.170 e. The minimum atomic E-state index is 0.104. The van der Waals surface area contributed by atoms with Crippen LogP contribution in [-0.2, 0) is 18.0 Å². The van der Waals surface area contributed by atoms with E-state index in [4.69, 9.17) is 15.7 Å². The number of nitrogens with zero attached hydrogens (tertiary/aromatic N) is 1. The van der Waals surface area contributed by atoms with Gasteiger partial charge in [0.2, 0.25) is 0 Å². The summed E-state index contributed by atoms with van der Waals surface area (Å²) < 4.78 is 6.70. The first-order valence-corrected chi connectivity index (χ1v) is 6.87. The van der Waals surface area contributed by atoms with Crippen LogP contribution in [0.15, 0.2) is 58.2 Å². The number of hydrogen-bond acceptors (Lipinski definition) is 3. The number of halogens is 1. The third-order valence-electron chi connectivity index (χ3n) is 2.81. The summed E-state index contributed by atoms with van der Waals surface area (Å²) >= 11 is 3.40. The molecule has 5 heteroatoms. The fourth-order valence-corrected chi connectivity index (χ4v) is 1.96. The zero-order chi connectivity index (χ0) is 14.4. The molecule has 104 valence electrons. The lowest BCUT2D eigenvalue weighted by Crippen LogP contribution is -2.12. The summed E-state index contributed by atoms with van der Waals surface area (Å²) in [6, 6.07) is 15.4. The molecular weight excluding hydrogens is 320 g/mol. The minimum absolute atomic E-state index is 0.104. The van der Waals surface area contributed by atoms with E-state index in [1.807, 2.05) is 36.4 Å². The van der Waals surface area contributed by atoms with E-state index in [2.05, 4.69) is 21.1 Å². The number of amidine groups is 1. The fourth-order valence-electron chi connectivity index (χ4n) is 1.70. The molecule has 0 saturated heterocycles. The largest absolute Gasteiger partial charge is 0.409 e. The molecule has 0 amide bonds. The molecule has 0 aromatic heterocycles. The van der Waals surface area contributed by atoms with Gasteiger partial charge in [0.15, 0.2) is 5.84 Å². The lowest BCUT2D eigenvalue weighted by Gasteiger charge is -2.06. The van der Waals surface area contributed by atoms with Crippen LogP contribution in [0.2, 0.25) is 0 Å². The summed E-state index contributed by atoms with van der Waals surface area (Å²) in [7, 11) is 0. The highest BCUT2D eigenvalue weighted by molar-refractivity contribution is 9.10. The topological polar surface area (TPSA) is 67.8 Å². The molecule has 0 fully saturated rings. The highest BCUT2D eigenvalue weighted by atomic mass is 79.9. The van der Waals surface area contributed by atoms with Gasteiger partial charge in [-0.3, -0.25) is 0 Å². The molecule has 0 radical (unpaired) electrons. The second-order valence-electron chi connectivity index (χ2n) is 4.30. The lowest BCUT2D eigenvalue weighted by molar-refractivity contribution is 0.107. The van der Waals surface area contributed by atoms with Crippen LogP contribution in [0.1, 0.15) is 16.7 Å². The summed E-state index contributed by atoms with van der Waals surface area (Å²) in [5, 5.41) is 11.5. The molecule has 3 N–H and O–H groups in total. The van der Waals surface area contributed by atoms with Crippen molar-refractivity contribution in [2.24, 2.45) is 10.9 Å². The average Bonchev–Trinajstić information content (AvgIpc) is 2.49. The van der Waals surface area contributed by atoms with Gasteiger partial charge in [0.05, 0.1) is 13.2 Å². The predicted molar refractivity (Wildman–Crippen MR) is 81.6 cm³/mol. The van der Waals surface area contributed by atoms with E-state index in [1.54, 1.807) is 12.1 Å². The standard InChI is InChI=1S/C15H15BrN2O2/c16-14-7-3-12(4-8-14)10-20-9-11-1-5-13(6-2-11)15(17)18-19/h1-8,19H,9-10H2,(H2,17,18). The van der Waals surface area contributed by atoms with Gasteiger partial charge in [-0.05, 0) is 23.3 Å². The summed E-state index contributed by atoms with van der Waals surface area (Å²) in [5.41, 5.74) is 8.35. The Morgan fingerprint density at radius 2 is 1.50 bits per heavy atom. The number of oxime groups is 1. The van der Waals surface area contributed by atoms with Crippen LogP contribution in [0.5, 0.6) is 0 Å². The van der Waals surface area contributed by atoms with Gasteiger partial charge in [0, 0.05) is 10.0 Å². The quantitative estimate of drug-likeness (QED) is 0.381. The third-order valence-corrected chi connectivity index (χ3v) is 3.34.